The number of nitrogens with zero attached hydrogens (tertiary/aromatic N) is 2. The van der Waals surface area contributed by atoms with Gasteiger partial charge in [-0.1, -0.05) is 109 Å². The van der Waals surface area contributed by atoms with E-state index < -0.39 is 46.8 Å². The SMILES string of the molecule is CCc1ccc(N2C(=O)C3CC=C4C(CC5C(=O)N(c6cccc(Cl)c6)C(=O)C5(c5ccccc5)C4c4c(O)ccc5ccccc45)C3C2=O)cc1. The lowest BCUT2D eigenvalue weighted by molar-refractivity contribution is -0.127. The molecule has 9 rings (SSSR count). The standard InChI is InChI=1S/C44H35ClN2O5/c1-2-25-15-18-29(19-16-25)46-40(49)33-21-20-32-34(37(33)42(46)51)24-35-41(50)47(30-13-8-12-28(45)23-30)43(52)44(35,27-10-4-3-5-11-27)39(32)38-31-14-7-6-9-26(31)17-22-36(38)48/h3-20,22-23,33-35,37,39,48H,2,21,24H2,1H3. The van der Waals surface area contributed by atoms with E-state index in [1.807, 2.05) is 97.9 Å². The largest absolute Gasteiger partial charge is 0.508 e. The van der Waals surface area contributed by atoms with Crippen LogP contribution in [-0.4, -0.2) is 28.7 Å². The smallest absolute Gasteiger partial charge is 0.246 e. The van der Waals surface area contributed by atoms with Gasteiger partial charge in [-0.25, -0.2) is 4.90 Å². The first-order valence-corrected chi connectivity index (χ1v) is 18.2. The first-order chi connectivity index (χ1) is 25.2. The molecule has 8 heteroatoms. The first-order valence-electron chi connectivity index (χ1n) is 17.8. The Morgan fingerprint density at radius 3 is 2.25 bits per heavy atom. The van der Waals surface area contributed by atoms with Gasteiger partial charge in [0.15, 0.2) is 0 Å². The van der Waals surface area contributed by atoms with E-state index in [-0.39, 0.29) is 24.0 Å². The van der Waals surface area contributed by atoms with Gasteiger partial charge in [-0.05, 0) is 83.5 Å². The third-order valence-corrected chi connectivity index (χ3v) is 12.2. The maximum Gasteiger partial charge on any atom is 0.246 e. The molecule has 6 atom stereocenters. The summed E-state index contributed by atoms with van der Waals surface area (Å²) in [5.41, 5.74) is 2.47. The highest BCUT2D eigenvalue weighted by atomic mass is 35.5. The zero-order valence-electron chi connectivity index (χ0n) is 28.4. The van der Waals surface area contributed by atoms with Gasteiger partial charge in [-0.2, -0.15) is 0 Å². The van der Waals surface area contributed by atoms with E-state index in [2.05, 4.69) is 0 Å². The lowest BCUT2D eigenvalue weighted by atomic mass is 9.48. The van der Waals surface area contributed by atoms with E-state index in [9.17, 15) is 14.7 Å². The summed E-state index contributed by atoms with van der Waals surface area (Å²) in [5, 5.41) is 13.9. The fraction of sp³-hybridized carbons (Fsp3) is 0.227. The fourth-order valence-electron chi connectivity index (χ4n) is 9.78. The number of anilines is 2. The molecule has 2 aliphatic carbocycles. The number of rotatable bonds is 5. The number of allylic oxidation sites excluding steroid dienone is 2. The number of aromatic hydroxyl groups is 1. The Morgan fingerprint density at radius 2 is 1.50 bits per heavy atom. The van der Waals surface area contributed by atoms with Gasteiger partial charge in [0.05, 0.1) is 34.5 Å². The van der Waals surface area contributed by atoms with Crippen molar-refractivity contribution in [3.63, 3.8) is 0 Å². The van der Waals surface area contributed by atoms with Gasteiger partial charge in [0.1, 0.15) is 5.75 Å². The molecule has 6 unspecified atom stereocenters. The molecule has 5 aromatic rings. The van der Waals surface area contributed by atoms with Crippen LogP contribution < -0.4 is 9.80 Å². The normalized spacial score (nSPS) is 26.7. The average molecular weight is 707 g/mol. The van der Waals surface area contributed by atoms with Crippen LogP contribution in [-0.2, 0) is 31.0 Å². The number of imide groups is 2. The highest BCUT2D eigenvalue weighted by molar-refractivity contribution is 6.32. The molecule has 5 aromatic carbocycles. The molecule has 2 saturated heterocycles. The second-order valence-electron chi connectivity index (χ2n) is 14.3. The maximum absolute atomic E-state index is 15.5. The minimum atomic E-state index is -1.49. The highest BCUT2D eigenvalue weighted by Gasteiger charge is 2.70. The summed E-state index contributed by atoms with van der Waals surface area (Å²) in [6.45, 7) is 2.05. The van der Waals surface area contributed by atoms with E-state index in [0.29, 0.717) is 33.9 Å². The molecule has 1 N–H and O–H groups in total. The van der Waals surface area contributed by atoms with Crippen molar-refractivity contribution in [2.45, 2.75) is 37.5 Å². The van der Waals surface area contributed by atoms with Crippen LogP contribution >= 0.6 is 11.6 Å². The summed E-state index contributed by atoms with van der Waals surface area (Å²) >= 11 is 6.44. The molecule has 258 valence electrons. The Morgan fingerprint density at radius 1 is 0.750 bits per heavy atom. The molecule has 7 nitrogen and oxygen atoms in total. The van der Waals surface area contributed by atoms with Gasteiger partial charge in [-0.15, -0.1) is 0 Å². The summed E-state index contributed by atoms with van der Waals surface area (Å²) in [4.78, 5) is 61.9. The van der Waals surface area contributed by atoms with Crippen molar-refractivity contribution in [2.24, 2.45) is 23.7 Å². The molecule has 2 heterocycles. The minimum absolute atomic E-state index is 0.00523. The summed E-state index contributed by atoms with van der Waals surface area (Å²) < 4.78 is 0. The number of carbonyl (C=O) groups excluding carboxylic acids is 4. The Balaban J connectivity index is 1.30. The van der Waals surface area contributed by atoms with Crippen molar-refractivity contribution in [3.05, 3.63) is 149 Å². The third-order valence-electron chi connectivity index (χ3n) is 12.0. The number of fused-ring (bicyclic) bond motifs is 5. The van der Waals surface area contributed by atoms with E-state index in [0.717, 1.165) is 28.3 Å². The lowest BCUT2D eigenvalue weighted by Crippen LogP contribution is -2.53. The van der Waals surface area contributed by atoms with Crippen molar-refractivity contribution in [3.8, 4) is 5.75 Å². The molecular weight excluding hydrogens is 672 g/mol. The zero-order chi connectivity index (χ0) is 35.9. The number of carbonyl (C=O) groups is 4. The van der Waals surface area contributed by atoms with Crippen molar-refractivity contribution in [1.29, 1.82) is 0 Å². The lowest BCUT2D eigenvalue weighted by Gasteiger charge is -2.51. The highest BCUT2D eigenvalue weighted by Crippen LogP contribution is 2.66. The molecular formula is C44H35ClN2O5. The van der Waals surface area contributed by atoms with E-state index >= 15 is 9.59 Å². The predicted octanol–water partition coefficient (Wildman–Crippen LogP) is 8.13. The second kappa shape index (κ2) is 12.0. The van der Waals surface area contributed by atoms with Crippen molar-refractivity contribution < 1.29 is 24.3 Å². The van der Waals surface area contributed by atoms with Crippen LogP contribution in [0.15, 0.2) is 127 Å². The van der Waals surface area contributed by atoms with Gasteiger partial charge in [0.2, 0.25) is 23.6 Å². The Bertz CT molecular complexity index is 2350. The number of aryl methyl sites for hydroxylation is 1. The quantitative estimate of drug-likeness (QED) is 0.147. The van der Waals surface area contributed by atoms with Crippen LogP contribution in [0.1, 0.15) is 42.4 Å². The van der Waals surface area contributed by atoms with E-state index in [4.69, 9.17) is 11.6 Å². The molecule has 0 aromatic heterocycles. The van der Waals surface area contributed by atoms with Gasteiger partial charge >= 0.3 is 0 Å². The topological polar surface area (TPSA) is 95.0 Å². The Kier molecular flexibility index (Phi) is 7.49. The van der Waals surface area contributed by atoms with Gasteiger partial charge in [-0.3, -0.25) is 24.1 Å². The number of amides is 4. The minimum Gasteiger partial charge on any atom is -0.508 e. The van der Waals surface area contributed by atoms with Gasteiger partial charge in [0, 0.05) is 16.5 Å². The third kappa shape index (κ3) is 4.45. The molecule has 0 radical (unpaired) electrons. The molecule has 0 spiro atoms. The summed E-state index contributed by atoms with van der Waals surface area (Å²) in [6.07, 6.45) is 3.32. The van der Waals surface area contributed by atoms with Crippen LogP contribution in [0, 0.1) is 23.7 Å². The molecule has 4 amide bonds. The van der Waals surface area contributed by atoms with Crippen LogP contribution in [0.2, 0.25) is 5.02 Å². The van der Waals surface area contributed by atoms with Gasteiger partial charge < -0.3 is 5.11 Å². The van der Waals surface area contributed by atoms with Crippen molar-refractivity contribution in [1.82, 2.24) is 0 Å². The second-order valence-corrected chi connectivity index (χ2v) is 14.8. The molecule has 52 heavy (non-hydrogen) atoms. The molecule has 1 saturated carbocycles. The molecule has 3 fully saturated rings. The number of halogens is 1. The van der Waals surface area contributed by atoms with Crippen LogP contribution in [0.3, 0.4) is 0 Å². The Labute approximate surface area is 306 Å². The van der Waals surface area contributed by atoms with Crippen LogP contribution in [0.4, 0.5) is 11.4 Å². The summed E-state index contributed by atoms with van der Waals surface area (Å²) in [6, 6.07) is 34.8. The maximum atomic E-state index is 15.5. The van der Waals surface area contributed by atoms with E-state index in [1.165, 1.54) is 9.80 Å². The monoisotopic (exact) mass is 706 g/mol. The first kappa shape index (κ1) is 32.4. The number of phenols is 1. The number of benzene rings is 5. The average Bonchev–Trinajstić information content (AvgIpc) is 3.56. The molecule has 2 aliphatic heterocycles. The molecule has 0 bridgehead atoms. The number of hydrogen-bond acceptors (Lipinski definition) is 5. The fourth-order valence-corrected chi connectivity index (χ4v) is 9.96. The zero-order valence-corrected chi connectivity index (χ0v) is 29.2. The number of phenolic OH excluding ortho intramolecular Hbond substituents is 1. The van der Waals surface area contributed by atoms with E-state index in [1.54, 1.807) is 30.3 Å². The van der Waals surface area contributed by atoms with Gasteiger partial charge in [0.25, 0.3) is 0 Å². The van der Waals surface area contributed by atoms with Crippen molar-refractivity contribution in [2.75, 3.05) is 9.80 Å². The summed E-state index contributed by atoms with van der Waals surface area (Å²) in [5.74, 6) is -5.04. The van der Waals surface area contributed by atoms with Crippen LogP contribution in [0.5, 0.6) is 5.75 Å². The summed E-state index contributed by atoms with van der Waals surface area (Å²) in [7, 11) is 0. The Hall–Kier alpha value is -5.53. The number of hydrogen-bond donors (Lipinski definition) is 1. The van der Waals surface area contributed by atoms with Crippen molar-refractivity contribution >= 4 is 57.4 Å². The van der Waals surface area contributed by atoms with Crippen LogP contribution in [0.25, 0.3) is 10.8 Å². The molecule has 4 aliphatic rings. The predicted molar refractivity (Wildman–Crippen MR) is 200 cm³/mol.